The summed E-state index contributed by atoms with van der Waals surface area (Å²) in [5, 5.41) is 36.0. The number of alkyl carbamates (subject to hydrolysis) is 1. The van der Waals surface area contributed by atoms with E-state index in [0.717, 1.165) is 11.6 Å². The van der Waals surface area contributed by atoms with Crippen LogP contribution < -0.4 is 16.0 Å². The molecule has 2 aromatic rings. The maximum absolute atomic E-state index is 13.2. The maximum Gasteiger partial charge on any atom is 0.408 e. The van der Waals surface area contributed by atoms with Crippen molar-refractivity contribution in [3.63, 3.8) is 0 Å². The summed E-state index contributed by atoms with van der Waals surface area (Å²) in [6.45, 7) is 4.28. The number of carboxylic acids is 1. The van der Waals surface area contributed by atoms with Gasteiger partial charge in [-0.1, -0.05) is 48.5 Å². The smallest absolute Gasteiger partial charge is 0.408 e. The van der Waals surface area contributed by atoms with Gasteiger partial charge in [-0.15, -0.1) is 0 Å². The number of amides is 3. The molecule has 0 saturated carbocycles. The van der Waals surface area contributed by atoms with Crippen LogP contribution in [-0.2, 0) is 32.0 Å². The number of carboxylic acid groups (broad SMARTS) is 1. The van der Waals surface area contributed by atoms with Crippen LogP contribution in [0.15, 0.2) is 66.7 Å². The number of aliphatic hydroxyl groups is 1. The minimum Gasteiger partial charge on any atom is -0.508 e. The number of hydrogen-bond acceptors (Lipinski definition) is 7. The summed E-state index contributed by atoms with van der Waals surface area (Å²) in [5.41, 5.74) is 0.634. The zero-order chi connectivity index (χ0) is 29.0. The average Bonchev–Trinajstić information content (AvgIpc) is 2.86. The van der Waals surface area contributed by atoms with Gasteiger partial charge in [0.2, 0.25) is 11.8 Å². The third kappa shape index (κ3) is 11.7. The first-order valence-corrected chi connectivity index (χ1v) is 12.3. The van der Waals surface area contributed by atoms with Crippen molar-refractivity contribution in [1.82, 2.24) is 16.0 Å². The zero-order valence-electron chi connectivity index (χ0n) is 22.1. The second-order valence-corrected chi connectivity index (χ2v) is 9.82. The molecular formula is C28H35N3O8. The van der Waals surface area contributed by atoms with Gasteiger partial charge in [0.1, 0.15) is 23.4 Å². The molecule has 0 saturated heterocycles. The number of aliphatic carboxylic acids is 1. The Labute approximate surface area is 226 Å². The van der Waals surface area contributed by atoms with Crippen LogP contribution in [0.1, 0.15) is 31.9 Å². The van der Waals surface area contributed by atoms with Crippen molar-refractivity contribution in [3.05, 3.63) is 77.9 Å². The second kappa shape index (κ2) is 14.5. The summed E-state index contributed by atoms with van der Waals surface area (Å²) in [6, 6.07) is 11.7. The van der Waals surface area contributed by atoms with Crippen molar-refractivity contribution in [2.75, 3.05) is 6.61 Å². The topological polar surface area (TPSA) is 174 Å². The SMILES string of the molecule is CC(C)(C)OC(=O)N[C@@H](Cc1ccccc1)C(=O)N[C@@H](CO)C(=O)N[C@H](/C=C/C(=O)O)Cc1ccc(O)cc1. The fraction of sp³-hybridized carbons (Fsp3) is 0.357. The number of aromatic hydroxyl groups is 1. The van der Waals surface area contributed by atoms with Gasteiger partial charge < -0.3 is 36.0 Å². The maximum atomic E-state index is 13.2. The van der Waals surface area contributed by atoms with Crippen molar-refractivity contribution < 1.29 is 39.2 Å². The quantitative estimate of drug-likeness (QED) is 0.220. The van der Waals surface area contributed by atoms with Crippen LogP contribution >= 0.6 is 0 Å². The van der Waals surface area contributed by atoms with Gasteiger partial charge in [-0.2, -0.15) is 0 Å². The van der Waals surface area contributed by atoms with E-state index in [1.807, 2.05) is 0 Å². The predicted octanol–water partition coefficient (Wildman–Crippen LogP) is 1.67. The van der Waals surface area contributed by atoms with Gasteiger partial charge in [0.05, 0.1) is 12.6 Å². The molecule has 0 bridgehead atoms. The number of carbonyl (C=O) groups is 4. The molecule has 0 aromatic heterocycles. The van der Waals surface area contributed by atoms with Crippen molar-refractivity contribution in [2.45, 2.75) is 57.3 Å². The first kappa shape index (κ1) is 30.8. The zero-order valence-corrected chi connectivity index (χ0v) is 22.1. The minimum absolute atomic E-state index is 0.0496. The number of rotatable bonds is 12. The van der Waals surface area contributed by atoms with Gasteiger partial charge >= 0.3 is 12.1 Å². The van der Waals surface area contributed by atoms with Crippen LogP contribution in [0.2, 0.25) is 0 Å². The molecule has 0 fully saturated rings. The van der Waals surface area contributed by atoms with Crippen molar-refractivity contribution >= 4 is 23.9 Å². The van der Waals surface area contributed by atoms with Gasteiger partial charge in [0.25, 0.3) is 0 Å². The fourth-order valence-electron chi connectivity index (χ4n) is 3.51. The molecule has 2 rings (SSSR count). The van der Waals surface area contributed by atoms with E-state index in [9.17, 15) is 29.4 Å². The summed E-state index contributed by atoms with van der Waals surface area (Å²) in [6.07, 6.45) is 1.59. The summed E-state index contributed by atoms with van der Waals surface area (Å²) in [5.74, 6) is -2.66. The molecule has 11 heteroatoms. The lowest BCUT2D eigenvalue weighted by Gasteiger charge is -2.25. The molecule has 210 valence electrons. The highest BCUT2D eigenvalue weighted by Crippen LogP contribution is 2.12. The Bertz CT molecular complexity index is 1140. The standard InChI is InChI=1S/C28H35N3O8/c1-28(2,3)39-27(38)31-22(16-18-7-5-4-6-8-18)25(36)30-23(17-32)26(37)29-20(11-14-24(34)35)15-19-9-12-21(33)13-10-19/h4-14,20,22-23,32-33H,15-17H2,1-3H3,(H,29,37)(H,30,36)(H,31,38)(H,34,35)/b14-11+/t20-,22+,23+/m1/s1. The number of phenols is 1. The van der Waals surface area contributed by atoms with Gasteiger partial charge in [-0.25, -0.2) is 9.59 Å². The van der Waals surface area contributed by atoms with E-state index in [2.05, 4.69) is 16.0 Å². The number of carbonyl (C=O) groups excluding carboxylic acids is 3. The predicted molar refractivity (Wildman–Crippen MR) is 143 cm³/mol. The lowest BCUT2D eigenvalue weighted by Crippen LogP contribution is -2.57. The Hall–Kier alpha value is -4.38. The molecule has 11 nitrogen and oxygen atoms in total. The normalized spacial score (nSPS) is 13.6. The van der Waals surface area contributed by atoms with Gasteiger partial charge in [0.15, 0.2) is 0 Å². The Morgan fingerprint density at radius 2 is 1.44 bits per heavy atom. The second-order valence-electron chi connectivity index (χ2n) is 9.82. The number of phenolic OH excluding ortho intramolecular Hbond substituents is 1. The van der Waals surface area contributed by atoms with E-state index in [4.69, 9.17) is 9.84 Å². The molecule has 0 heterocycles. The van der Waals surface area contributed by atoms with E-state index in [0.29, 0.717) is 5.56 Å². The summed E-state index contributed by atoms with van der Waals surface area (Å²) in [4.78, 5) is 49.6. The number of ether oxygens (including phenoxy) is 1. The van der Waals surface area contributed by atoms with Gasteiger partial charge in [0, 0.05) is 12.5 Å². The highest BCUT2D eigenvalue weighted by Gasteiger charge is 2.29. The molecule has 3 atom stereocenters. The van der Waals surface area contributed by atoms with Crippen molar-refractivity contribution in [1.29, 1.82) is 0 Å². The largest absolute Gasteiger partial charge is 0.508 e. The highest BCUT2D eigenvalue weighted by molar-refractivity contribution is 5.91. The van der Waals surface area contributed by atoms with E-state index in [1.165, 1.54) is 18.2 Å². The average molecular weight is 542 g/mol. The molecule has 6 N–H and O–H groups in total. The molecule has 0 radical (unpaired) electrons. The third-order valence-corrected chi connectivity index (χ3v) is 5.30. The summed E-state index contributed by atoms with van der Waals surface area (Å²) in [7, 11) is 0. The van der Waals surface area contributed by atoms with Crippen molar-refractivity contribution in [2.24, 2.45) is 0 Å². The van der Waals surface area contributed by atoms with Gasteiger partial charge in [-0.05, 0) is 50.5 Å². The lowest BCUT2D eigenvalue weighted by atomic mass is 10.0. The lowest BCUT2D eigenvalue weighted by molar-refractivity contribution is -0.131. The molecule has 39 heavy (non-hydrogen) atoms. The number of aliphatic hydroxyl groups excluding tert-OH is 1. The highest BCUT2D eigenvalue weighted by atomic mass is 16.6. The molecule has 0 aliphatic heterocycles. The molecule has 3 amide bonds. The first-order chi connectivity index (χ1) is 18.4. The molecular weight excluding hydrogens is 506 g/mol. The number of benzene rings is 2. The Kier molecular flexibility index (Phi) is 11.5. The van der Waals surface area contributed by atoms with Crippen LogP contribution in [0, 0.1) is 0 Å². The number of nitrogens with one attached hydrogen (secondary N) is 3. The van der Waals surface area contributed by atoms with Crippen LogP contribution in [0.5, 0.6) is 5.75 Å². The Balaban J connectivity index is 2.16. The molecule has 0 aliphatic carbocycles. The van der Waals surface area contributed by atoms with E-state index >= 15 is 0 Å². The molecule has 0 spiro atoms. The monoisotopic (exact) mass is 541 g/mol. The van der Waals surface area contributed by atoms with Crippen molar-refractivity contribution in [3.8, 4) is 5.75 Å². The van der Waals surface area contributed by atoms with E-state index < -0.39 is 54.2 Å². The summed E-state index contributed by atoms with van der Waals surface area (Å²) < 4.78 is 5.27. The van der Waals surface area contributed by atoms with E-state index in [1.54, 1.807) is 63.2 Å². The van der Waals surface area contributed by atoms with Crippen LogP contribution in [0.4, 0.5) is 4.79 Å². The molecule has 0 aliphatic rings. The molecule has 0 unspecified atom stereocenters. The Morgan fingerprint density at radius 1 is 0.846 bits per heavy atom. The van der Waals surface area contributed by atoms with Gasteiger partial charge in [-0.3, -0.25) is 9.59 Å². The Morgan fingerprint density at radius 3 is 2.00 bits per heavy atom. The number of hydrogen-bond donors (Lipinski definition) is 6. The van der Waals surface area contributed by atoms with Crippen LogP contribution in [0.3, 0.4) is 0 Å². The molecule has 2 aromatic carbocycles. The first-order valence-electron chi connectivity index (χ1n) is 12.3. The van der Waals surface area contributed by atoms with E-state index in [-0.39, 0.29) is 18.6 Å². The summed E-state index contributed by atoms with van der Waals surface area (Å²) >= 11 is 0. The minimum atomic E-state index is -1.39. The van der Waals surface area contributed by atoms with Crippen LogP contribution in [-0.4, -0.2) is 69.5 Å². The third-order valence-electron chi connectivity index (χ3n) is 5.30. The van der Waals surface area contributed by atoms with Crippen LogP contribution in [0.25, 0.3) is 0 Å². The fourth-order valence-corrected chi connectivity index (χ4v) is 3.51.